The summed E-state index contributed by atoms with van der Waals surface area (Å²) in [6.45, 7) is 12.1. The average molecular weight is 400 g/mol. The van der Waals surface area contributed by atoms with Gasteiger partial charge in [0.1, 0.15) is 6.61 Å². The van der Waals surface area contributed by atoms with Gasteiger partial charge in [0.05, 0.1) is 5.76 Å². The van der Waals surface area contributed by atoms with Gasteiger partial charge in [0.15, 0.2) is 11.6 Å². The SMILES string of the molecule is CCON=CCCC1=C(O)CC(c2c(C)c(CC)c(C)c(C(C)=O)c2C)CC1=O. The molecule has 29 heavy (non-hydrogen) atoms. The van der Waals surface area contributed by atoms with E-state index in [1.54, 1.807) is 13.1 Å². The third kappa shape index (κ3) is 4.77. The van der Waals surface area contributed by atoms with E-state index < -0.39 is 0 Å². The molecule has 5 nitrogen and oxygen atoms in total. The van der Waals surface area contributed by atoms with Crippen molar-refractivity contribution in [3.05, 3.63) is 44.7 Å². The summed E-state index contributed by atoms with van der Waals surface area (Å²) in [6.07, 6.45) is 4.25. The van der Waals surface area contributed by atoms with Crippen molar-refractivity contribution < 1.29 is 19.5 Å². The van der Waals surface area contributed by atoms with Crippen LogP contribution in [0.25, 0.3) is 0 Å². The minimum atomic E-state index is -0.104. The molecule has 5 heteroatoms. The molecule has 0 amide bonds. The lowest BCUT2D eigenvalue weighted by Crippen LogP contribution is -2.21. The molecule has 2 rings (SSSR count). The van der Waals surface area contributed by atoms with Crippen molar-refractivity contribution in [3.8, 4) is 0 Å². The first-order valence-corrected chi connectivity index (χ1v) is 10.5. The zero-order valence-corrected chi connectivity index (χ0v) is 18.5. The molecule has 0 aliphatic heterocycles. The number of ketones is 2. The lowest BCUT2D eigenvalue weighted by molar-refractivity contribution is -0.116. The minimum Gasteiger partial charge on any atom is -0.512 e. The number of carbonyl (C=O) groups excluding carboxylic acids is 2. The third-order valence-corrected chi connectivity index (χ3v) is 5.94. The number of oxime groups is 1. The first-order valence-electron chi connectivity index (χ1n) is 10.5. The summed E-state index contributed by atoms with van der Waals surface area (Å²) in [5.41, 5.74) is 6.60. The molecule has 0 fully saturated rings. The molecule has 0 heterocycles. The van der Waals surface area contributed by atoms with E-state index in [9.17, 15) is 14.7 Å². The molecule has 1 unspecified atom stereocenters. The number of aliphatic hydroxyl groups excluding tert-OH is 1. The summed E-state index contributed by atoms with van der Waals surface area (Å²) in [5.74, 6) is 0.0858. The number of carbonyl (C=O) groups is 2. The second-order valence-electron chi connectivity index (χ2n) is 7.75. The molecule has 0 radical (unpaired) electrons. The highest BCUT2D eigenvalue weighted by molar-refractivity contribution is 5.99. The number of allylic oxidation sites excluding steroid dienone is 2. The molecule has 0 saturated heterocycles. The van der Waals surface area contributed by atoms with Crippen LogP contribution < -0.4 is 0 Å². The maximum Gasteiger partial charge on any atom is 0.162 e. The van der Waals surface area contributed by atoms with Crippen molar-refractivity contribution in [2.75, 3.05) is 6.61 Å². The van der Waals surface area contributed by atoms with E-state index in [1.807, 2.05) is 20.8 Å². The lowest BCUT2D eigenvalue weighted by Gasteiger charge is -2.29. The van der Waals surface area contributed by atoms with Crippen LogP contribution >= 0.6 is 0 Å². The summed E-state index contributed by atoms with van der Waals surface area (Å²) in [6, 6.07) is 0. The van der Waals surface area contributed by atoms with Gasteiger partial charge in [-0.3, -0.25) is 9.59 Å². The molecule has 0 saturated carbocycles. The van der Waals surface area contributed by atoms with Crippen LogP contribution in [0.2, 0.25) is 0 Å². The fourth-order valence-corrected chi connectivity index (χ4v) is 4.78. The van der Waals surface area contributed by atoms with Gasteiger partial charge in [0.25, 0.3) is 0 Å². The van der Waals surface area contributed by atoms with Crippen LogP contribution in [-0.2, 0) is 16.1 Å². The van der Waals surface area contributed by atoms with E-state index in [0.717, 1.165) is 34.2 Å². The Balaban J connectivity index is 2.39. The van der Waals surface area contributed by atoms with Gasteiger partial charge >= 0.3 is 0 Å². The van der Waals surface area contributed by atoms with Crippen LogP contribution in [-0.4, -0.2) is 29.5 Å². The summed E-state index contributed by atoms with van der Waals surface area (Å²) < 4.78 is 0. The van der Waals surface area contributed by atoms with Crippen molar-refractivity contribution >= 4 is 17.8 Å². The lowest BCUT2D eigenvalue weighted by atomic mass is 9.75. The van der Waals surface area contributed by atoms with Gasteiger partial charge in [-0.15, -0.1) is 0 Å². The van der Waals surface area contributed by atoms with Crippen molar-refractivity contribution in [3.63, 3.8) is 0 Å². The van der Waals surface area contributed by atoms with E-state index in [-0.39, 0.29) is 23.2 Å². The molecular weight excluding hydrogens is 366 g/mol. The molecule has 1 atom stereocenters. The van der Waals surface area contributed by atoms with Crippen LogP contribution in [0.3, 0.4) is 0 Å². The summed E-state index contributed by atoms with van der Waals surface area (Å²) in [4.78, 5) is 30.1. The first kappa shape index (κ1) is 22.9. The second kappa shape index (κ2) is 9.86. The summed E-state index contributed by atoms with van der Waals surface area (Å²) >= 11 is 0. The summed E-state index contributed by atoms with van der Waals surface area (Å²) in [5, 5.41) is 14.4. The van der Waals surface area contributed by atoms with Crippen molar-refractivity contribution in [2.24, 2.45) is 5.16 Å². The quantitative estimate of drug-likeness (QED) is 0.359. The predicted molar refractivity (Wildman–Crippen MR) is 116 cm³/mol. The maximum atomic E-state index is 12.8. The van der Waals surface area contributed by atoms with Gasteiger partial charge in [0.2, 0.25) is 0 Å². The number of hydrogen-bond acceptors (Lipinski definition) is 5. The van der Waals surface area contributed by atoms with Crippen LogP contribution in [0.4, 0.5) is 0 Å². The van der Waals surface area contributed by atoms with Gasteiger partial charge in [-0.1, -0.05) is 12.1 Å². The number of benzene rings is 1. The largest absolute Gasteiger partial charge is 0.512 e. The maximum absolute atomic E-state index is 12.8. The number of aliphatic hydroxyl groups is 1. The van der Waals surface area contributed by atoms with Crippen LogP contribution in [0, 0.1) is 20.8 Å². The molecule has 0 bridgehead atoms. The van der Waals surface area contributed by atoms with E-state index in [1.165, 1.54) is 5.56 Å². The van der Waals surface area contributed by atoms with Crippen LogP contribution in [0.1, 0.15) is 90.5 Å². The molecule has 1 aromatic carbocycles. The third-order valence-electron chi connectivity index (χ3n) is 5.94. The predicted octanol–water partition coefficient (Wildman–Crippen LogP) is 5.44. The molecule has 158 valence electrons. The highest BCUT2D eigenvalue weighted by Gasteiger charge is 2.32. The number of Topliss-reactive ketones (excluding diaryl/α,β-unsaturated/α-hetero) is 2. The van der Waals surface area contributed by atoms with Crippen molar-refractivity contribution in [1.82, 2.24) is 0 Å². The van der Waals surface area contributed by atoms with Crippen LogP contribution in [0.5, 0.6) is 0 Å². The average Bonchev–Trinajstić information content (AvgIpc) is 2.63. The standard InChI is InChI=1S/C24H33NO4/c1-7-19-14(3)23(17(6)26)16(5)24(15(19)4)18-12-21(27)20(22(28)13-18)10-9-11-25-29-8-2/h11,18,27H,7-10,12-13H2,1-6H3. The second-order valence-corrected chi connectivity index (χ2v) is 7.75. The highest BCUT2D eigenvalue weighted by atomic mass is 16.6. The Morgan fingerprint density at radius 2 is 1.86 bits per heavy atom. The molecular formula is C24H33NO4. The fraction of sp³-hybridized carbons (Fsp3) is 0.542. The van der Waals surface area contributed by atoms with E-state index in [0.29, 0.717) is 37.9 Å². The zero-order valence-electron chi connectivity index (χ0n) is 18.5. The molecule has 0 aromatic heterocycles. The topological polar surface area (TPSA) is 76.0 Å². The molecule has 1 aromatic rings. The normalized spacial score (nSPS) is 17.3. The summed E-state index contributed by atoms with van der Waals surface area (Å²) in [7, 11) is 0. The van der Waals surface area contributed by atoms with Gasteiger partial charge in [0, 0.05) is 30.2 Å². The van der Waals surface area contributed by atoms with Gasteiger partial charge in [-0.2, -0.15) is 0 Å². The Morgan fingerprint density at radius 1 is 1.17 bits per heavy atom. The first-order chi connectivity index (χ1) is 13.7. The Labute approximate surface area is 173 Å². The number of nitrogens with zero attached hydrogens (tertiary/aromatic N) is 1. The fourth-order valence-electron chi connectivity index (χ4n) is 4.78. The molecule has 1 aliphatic carbocycles. The van der Waals surface area contributed by atoms with Crippen LogP contribution in [0.15, 0.2) is 16.5 Å². The Kier molecular flexibility index (Phi) is 7.77. The Hall–Kier alpha value is -2.43. The minimum absolute atomic E-state index is 0.0228. The number of hydrogen-bond donors (Lipinski definition) is 1. The molecule has 1 N–H and O–H groups in total. The highest BCUT2D eigenvalue weighted by Crippen LogP contribution is 2.41. The Bertz CT molecular complexity index is 864. The van der Waals surface area contributed by atoms with Gasteiger partial charge in [-0.25, -0.2) is 0 Å². The smallest absolute Gasteiger partial charge is 0.162 e. The monoisotopic (exact) mass is 399 g/mol. The van der Waals surface area contributed by atoms with Gasteiger partial charge in [-0.05, 0) is 87.6 Å². The van der Waals surface area contributed by atoms with Gasteiger partial charge < -0.3 is 9.94 Å². The molecule has 0 spiro atoms. The van der Waals surface area contributed by atoms with Crippen molar-refractivity contribution in [1.29, 1.82) is 0 Å². The van der Waals surface area contributed by atoms with E-state index >= 15 is 0 Å². The van der Waals surface area contributed by atoms with Crippen molar-refractivity contribution in [2.45, 2.75) is 79.6 Å². The zero-order chi connectivity index (χ0) is 21.7. The van der Waals surface area contributed by atoms with E-state index in [2.05, 4.69) is 19.0 Å². The molecule has 1 aliphatic rings. The van der Waals surface area contributed by atoms with E-state index in [4.69, 9.17) is 4.84 Å². The number of rotatable bonds is 8. The Morgan fingerprint density at radius 3 is 2.41 bits per heavy atom.